The summed E-state index contributed by atoms with van der Waals surface area (Å²) in [4.78, 5) is 15.5. The zero-order valence-corrected chi connectivity index (χ0v) is 30.4. The number of nitrogens with zero attached hydrogens (tertiary/aromatic N) is 4. The van der Waals surface area contributed by atoms with Crippen molar-refractivity contribution in [1.29, 1.82) is 0 Å². The molecule has 11 rings (SSSR count). The molecule has 1 aliphatic rings. The van der Waals surface area contributed by atoms with Crippen LogP contribution in [0.1, 0.15) is 0 Å². The Morgan fingerprint density at radius 3 is 1.71 bits per heavy atom. The Morgan fingerprint density at radius 1 is 0.418 bits per heavy atom. The summed E-state index contributed by atoms with van der Waals surface area (Å²) in [5, 5.41) is 6.75. The number of aromatic nitrogens is 4. The average Bonchev–Trinajstić information content (AvgIpc) is 3.75. The maximum Gasteiger partial charge on any atom is 0.238 e. The fourth-order valence-electron chi connectivity index (χ4n) is 8.37. The molecule has 0 spiro atoms. The molecule has 1 unspecified atom stereocenters. The molecule has 0 saturated heterocycles. The molecule has 10 aromatic rings. The second kappa shape index (κ2) is 12.3. The van der Waals surface area contributed by atoms with Gasteiger partial charge in [0.15, 0.2) is 18.8 Å². The van der Waals surface area contributed by atoms with Crippen LogP contribution in [0, 0.1) is 0 Å². The number of hydrogen-bond donors (Lipinski definition) is 0. The Balaban J connectivity index is 1.24. The molecule has 1 aliphatic heterocycles. The van der Waals surface area contributed by atoms with Crippen LogP contribution in [0.3, 0.4) is 0 Å². The summed E-state index contributed by atoms with van der Waals surface area (Å²) in [7, 11) is -3.32. The zero-order chi connectivity index (χ0) is 36.5. The molecule has 0 radical (unpaired) electrons. The normalized spacial score (nSPS) is 14.7. The van der Waals surface area contributed by atoms with Crippen molar-refractivity contribution in [2.45, 2.75) is 0 Å². The molecule has 2 aromatic heterocycles. The van der Waals surface area contributed by atoms with E-state index in [1.54, 1.807) is 0 Å². The molecule has 0 saturated carbocycles. The van der Waals surface area contributed by atoms with Crippen LogP contribution in [0.2, 0.25) is 0 Å². The number of fused-ring (bicyclic) bond motifs is 9. The predicted molar refractivity (Wildman–Crippen MR) is 226 cm³/mol. The fourth-order valence-corrected chi connectivity index (χ4v) is 11.6. The summed E-state index contributed by atoms with van der Waals surface area (Å²) < 4.78 is 18.3. The van der Waals surface area contributed by atoms with E-state index in [1.807, 2.05) is 84.9 Å². The molecular formula is C49H31N4OP. The van der Waals surface area contributed by atoms with Crippen LogP contribution in [0.5, 0.6) is 0 Å². The Hall–Kier alpha value is -6.94. The minimum absolute atomic E-state index is 0.497. The van der Waals surface area contributed by atoms with Gasteiger partial charge < -0.3 is 4.57 Å². The SMILES string of the molecule is O=P1(c2ccccc2)c2ccccc2-c2ccc3c(c21)c1c2ccccc2ccc1n3-c1nc(-c2ccccc2)nc(-c2ccc(-c3ccccc3)cc2)n1. The first-order valence-corrected chi connectivity index (χ1v) is 20.1. The van der Waals surface area contributed by atoms with Gasteiger partial charge in [-0.15, -0.1) is 0 Å². The molecule has 258 valence electrons. The van der Waals surface area contributed by atoms with Crippen LogP contribution in [-0.2, 0) is 4.57 Å². The van der Waals surface area contributed by atoms with Crippen LogP contribution < -0.4 is 15.9 Å². The van der Waals surface area contributed by atoms with E-state index in [4.69, 9.17) is 15.0 Å². The van der Waals surface area contributed by atoms with E-state index < -0.39 is 7.14 Å². The first-order valence-electron chi connectivity index (χ1n) is 18.4. The van der Waals surface area contributed by atoms with Crippen molar-refractivity contribution < 1.29 is 4.57 Å². The Bertz CT molecular complexity index is 3160. The van der Waals surface area contributed by atoms with Crippen molar-refractivity contribution in [3.63, 3.8) is 0 Å². The molecule has 6 heteroatoms. The van der Waals surface area contributed by atoms with E-state index in [9.17, 15) is 0 Å². The second-order valence-corrected chi connectivity index (χ2v) is 16.6. The lowest BCUT2D eigenvalue weighted by Gasteiger charge is -2.17. The van der Waals surface area contributed by atoms with Gasteiger partial charge in [0.05, 0.1) is 11.0 Å². The molecular weight excluding hydrogens is 692 g/mol. The molecule has 55 heavy (non-hydrogen) atoms. The van der Waals surface area contributed by atoms with Crippen molar-refractivity contribution in [2.75, 3.05) is 0 Å². The molecule has 3 heterocycles. The highest BCUT2D eigenvalue weighted by molar-refractivity contribution is 7.86. The van der Waals surface area contributed by atoms with E-state index in [2.05, 4.69) is 108 Å². The van der Waals surface area contributed by atoms with Crippen molar-refractivity contribution in [3.8, 4) is 51.0 Å². The maximum absolute atomic E-state index is 16.2. The predicted octanol–water partition coefficient (Wildman–Crippen LogP) is 10.7. The molecule has 0 fully saturated rings. The van der Waals surface area contributed by atoms with Gasteiger partial charge in [0, 0.05) is 37.8 Å². The Morgan fingerprint density at radius 2 is 0.964 bits per heavy atom. The lowest BCUT2D eigenvalue weighted by atomic mass is 10.00. The molecule has 1 atom stereocenters. The highest BCUT2D eigenvalue weighted by atomic mass is 31.2. The van der Waals surface area contributed by atoms with Crippen LogP contribution in [0.4, 0.5) is 0 Å². The third-order valence-electron chi connectivity index (χ3n) is 10.9. The van der Waals surface area contributed by atoms with E-state index in [1.165, 1.54) is 0 Å². The summed E-state index contributed by atoms with van der Waals surface area (Å²) in [5.41, 5.74) is 7.89. The fraction of sp³-hybridized carbons (Fsp3) is 0. The number of rotatable bonds is 5. The van der Waals surface area contributed by atoms with Crippen LogP contribution >= 0.6 is 7.14 Å². The summed E-state index contributed by atoms with van der Waals surface area (Å²) in [6.45, 7) is 0. The lowest BCUT2D eigenvalue weighted by molar-refractivity contribution is 0.593. The first-order chi connectivity index (χ1) is 27.2. The Kier molecular flexibility index (Phi) is 7.07. The molecule has 8 aromatic carbocycles. The third kappa shape index (κ3) is 4.80. The molecule has 0 bridgehead atoms. The first kappa shape index (κ1) is 31.6. The van der Waals surface area contributed by atoms with Crippen molar-refractivity contribution in [3.05, 3.63) is 188 Å². The summed E-state index contributed by atoms with van der Waals surface area (Å²) >= 11 is 0. The summed E-state index contributed by atoms with van der Waals surface area (Å²) in [6, 6.07) is 64.0. The van der Waals surface area contributed by atoms with Crippen LogP contribution in [-0.4, -0.2) is 19.5 Å². The minimum atomic E-state index is -3.32. The van der Waals surface area contributed by atoms with Gasteiger partial charge in [0.2, 0.25) is 5.95 Å². The topological polar surface area (TPSA) is 60.7 Å². The van der Waals surface area contributed by atoms with Gasteiger partial charge in [-0.1, -0.05) is 176 Å². The summed E-state index contributed by atoms with van der Waals surface area (Å²) in [5.74, 6) is 1.64. The second-order valence-electron chi connectivity index (χ2n) is 13.9. The van der Waals surface area contributed by atoms with E-state index in [0.29, 0.717) is 17.6 Å². The molecule has 0 N–H and O–H groups in total. The van der Waals surface area contributed by atoms with Crippen LogP contribution in [0.15, 0.2) is 188 Å². The average molecular weight is 723 g/mol. The highest BCUT2D eigenvalue weighted by Crippen LogP contribution is 2.55. The smallest absolute Gasteiger partial charge is 0.238 e. The quantitative estimate of drug-likeness (QED) is 0.166. The van der Waals surface area contributed by atoms with Gasteiger partial charge in [0.1, 0.15) is 0 Å². The Labute approximate surface area is 317 Å². The lowest BCUT2D eigenvalue weighted by Crippen LogP contribution is -2.21. The van der Waals surface area contributed by atoms with Crippen molar-refractivity contribution in [2.24, 2.45) is 0 Å². The maximum atomic E-state index is 16.2. The van der Waals surface area contributed by atoms with Crippen molar-refractivity contribution in [1.82, 2.24) is 19.5 Å². The number of hydrogen-bond acceptors (Lipinski definition) is 4. The van der Waals surface area contributed by atoms with Gasteiger partial charge in [-0.25, -0.2) is 4.98 Å². The van der Waals surface area contributed by atoms with Crippen LogP contribution in [0.25, 0.3) is 83.6 Å². The monoisotopic (exact) mass is 722 g/mol. The van der Waals surface area contributed by atoms with E-state index in [0.717, 1.165) is 81.9 Å². The zero-order valence-electron chi connectivity index (χ0n) is 29.5. The van der Waals surface area contributed by atoms with Crippen molar-refractivity contribution >= 4 is 55.6 Å². The van der Waals surface area contributed by atoms with Gasteiger partial charge in [0.25, 0.3) is 0 Å². The largest absolute Gasteiger partial charge is 0.309 e. The van der Waals surface area contributed by atoms with Gasteiger partial charge in [-0.3, -0.25) is 4.57 Å². The highest BCUT2D eigenvalue weighted by Gasteiger charge is 2.42. The van der Waals surface area contributed by atoms with E-state index >= 15 is 4.57 Å². The summed E-state index contributed by atoms with van der Waals surface area (Å²) in [6.07, 6.45) is 0. The number of benzene rings is 8. The van der Waals surface area contributed by atoms with Gasteiger partial charge in [-0.2, -0.15) is 9.97 Å². The van der Waals surface area contributed by atoms with Gasteiger partial charge >= 0.3 is 0 Å². The van der Waals surface area contributed by atoms with E-state index in [-0.39, 0.29) is 0 Å². The molecule has 0 amide bonds. The third-order valence-corrected chi connectivity index (χ3v) is 14.1. The minimum Gasteiger partial charge on any atom is -0.309 e. The van der Waals surface area contributed by atoms with Gasteiger partial charge in [-0.05, 0) is 45.2 Å². The molecule has 5 nitrogen and oxygen atoms in total. The standard InChI is InChI=1S/C49H31N4OP/c54-55(37-19-8-3-9-20-37)43-23-13-12-22-39(43)40-29-31-42-45(46(40)55)44-38-21-11-10-16-34(38)28-30-41(44)53(42)49-51-47(35-17-6-2-7-18-35)50-48(52-49)36-26-24-33(25-27-36)32-14-4-1-5-15-32/h1-31H. The molecule has 0 aliphatic carbocycles.